The van der Waals surface area contributed by atoms with Gasteiger partial charge >= 0.3 is 0 Å². The first-order valence-corrected chi connectivity index (χ1v) is 4.75. The fourth-order valence-electron chi connectivity index (χ4n) is 1.07. The molecule has 0 amide bonds. The summed E-state index contributed by atoms with van der Waals surface area (Å²) in [6, 6.07) is 0. The van der Waals surface area contributed by atoms with Crippen molar-refractivity contribution in [2.75, 3.05) is 0 Å². The van der Waals surface area contributed by atoms with Crippen molar-refractivity contribution < 1.29 is 0 Å². The Balaban J connectivity index is 2.35. The maximum absolute atomic E-state index is 5.50. The molecule has 0 aliphatic carbocycles. The van der Waals surface area contributed by atoms with Crippen molar-refractivity contribution in [1.29, 1.82) is 0 Å². The van der Waals surface area contributed by atoms with E-state index in [9.17, 15) is 0 Å². The van der Waals surface area contributed by atoms with Gasteiger partial charge in [-0.1, -0.05) is 0 Å². The van der Waals surface area contributed by atoms with Gasteiger partial charge in [0, 0.05) is 36.4 Å². The lowest BCUT2D eigenvalue weighted by molar-refractivity contribution is 0.768. The van der Waals surface area contributed by atoms with E-state index in [0.29, 0.717) is 6.54 Å². The Morgan fingerprint density at radius 1 is 1.54 bits per heavy atom. The summed E-state index contributed by atoms with van der Waals surface area (Å²) in [4.78, 5) is 5.35. The predicted octanol–water partition coefficient (Wildman–Crippen LogP) is 1.00. The van der Waals surface area contributed by atoms with Gasteiger partial charge in [-0.25, -0.2) is 4.98 Å². The van der Waals surface area contributed by atoms with Crippen molar-refractivity contribution in [2.45, 2.75) is 6.54 Å². The zero-order valence-electron chi connectivity index (χ0n) is 7.27. The highest BCUT2D eigenvalue weighted by molar-refractivity contribution is 7.15. The van der Waals surface area contributed by atoms with Crippen molar-refractivity contribution in [3.05, 3.63) is 23.5 Å². The summed E-state index contributed by atoms with van der Waals surface area (Å²) in [6.07, 6.45) is 5.56. The summed E-state index contributed by atoms with van der Waals surface area (Å²) in [5.41, 5.74) is 6.54. The molecule has 2 aromatic rings. The highest BCUT2D eigenvalue weighted by Gasteiger charge is 2.04. The SMILES string of the molecule is Cn1cc(-c2ncc(CN)s2)cn1. The van der Waals surface area contributed by atoms with E-state index in [1.54, 1.807) is 22.2 Å². The Morgan fingerprint density at radius 2 is 2.38 bits per heavy atom. The van der Waals surface area contributed by atoms with Gasteiger partial charge in [0.05, 0.1) is 6.20 Å². The van der Waals surface area contributed by atoms with E-state index in [2.05, 4.69) is 10.1 Å². The highest BCUT2D eigenvalue weighted by Crippen LogP contribution is 2.23. The van der Waals surface area contributed by atoms with E-state index in [1.165, 1.54) is 0 Å². The second-order valence-corrected chi connectivity index (χ2v) is 3.85. The number of hydrogen-bond acceptors (Lipinski definition) is 4. The standard InChI is InChI=1S/C8H10N4S/c1-12-5-6(3-11-12)8-10-4-7(2-9)13-8/h3-5H,2,9H2,1H3. The molecule has 2 heterocycles. The van der Waals surface area contributed by atoms with Crippen molar-refractivity contribution >= 4 is 11.3 Å². The minimum absolute atomic E-state index is 0.554. The van der Waals surface area contributed by atoms with Crippen molar-refractivity contribution in [1.82, 2.24) is 14.8 Å². The number of hydrogen-bond donors (Lipinski definition) is 1. The average Bonchev–Trinajstić information content (AvgIpc) is 2.71. The van der Waals surface area contributed by atoms with Gasteiger partial charge < -0.3 is 5.73 Å². The van der Waals surface area contributed by atoms with Gasteiger partial charge in [-0.2, -0.15) is 5.10 Å². The van der Waals surface area contributed by atoms with Gasteiger partial charge in [0.25, 0.3) is 0 Å². The fourth-order valence-corrected chi connectivity index (χ4v) is 1.83. The highest BCUT2D eigenvalue weighted by atomic mass is 32.1. The van der Waals surface area contributed by atoms with Gasteiger partial charge in [0.1, 0.15) is 5.01 Å². The van der Waals surface area contributed by atoms with Crippen LogP contribution >= 0.6 is 11.3 Å². The Bertz CT molecular complexity index is 404. The van der Waals surface area contributed by atoms with Crippen molar-refractivity contribution in [2.24, 2.45) is 12.8 Å². The fraction of sp³-hybridized carbons (Fsp3) is 0.250. The molecule has 0 spiro atoms. The minimum Gasteiger partial charge on any atom is -0.326 e. The molecule has 2 N–H and O–H groups in total. The van der Waals surface area contributed by atoms with Crippen LogP contribution in [0.5, 0.6) is 0 Å². The van der Waals surface area contributed by atoms with Crippen LogP contribution in [0.15, 0.2) is 18.6 Å². The third kappa shape index (κ3) is 1.61. The van der Waals surface area contributed by atoms with E-state index in [0.717, 1.165) is 15.4 Å². The molecule has 2 aromatic heterocycles. The van der Waals surface area contributed by atoms with Crippen LogP contribution in [-0.4, -0.2) is 14.8 Å². The third-order valence-electron chi connectivity index (χ3n) is 1.71. The Labute approximate surface area is 80.0 Å². The molecule has 5 heteroatoms. The molecule has 0 aliphatic rings. The zero-order valence-corrected chi connectivity index (χ0v) is 8.08. The molecule has 0 fully saturated rings. The second-order valence-electron chi connectivity index (χ2n) is 2.74. The van der Waals surface area contributed by atoms with Crippen LogP contribution in [0.3, 0.4) is 0 Å². The van der Waals surface area contributed by atoms with Gasteiger partial charge in [-0.05, 0) is 0 Å². The molecule has 2 rings (SSSR count). The van der Waals surface area contributed by atoms with E-state index in [4.69, 9.17) is 5.73 Å². The lowest BCUT2D eigenvalue weighted by Crippen LogP contribution is -1.91. The first-order valence-electron chi connectivity index (χ1n) is 3.93. The smallest absolute Gasteiger partial charge is 0.126 e. The molecule has 0 bridgehead atoms. The predicted molar refractivity (Wildman–Crippen MR) is 52.2 cm³/mol. The third-order valence-corrected chi connectivity index (χ3v) is 2.78. The normalized spacial score (nSPS) is 10.6. The summed E-state index contributed by atoms with van der Waals surface area (Å²) >= 11 is 1.61. The Hall–Kier alpha value is -1.20. The number of thiazole rings is 1. The summed E-state index contributed by atoms with van der Waals surface area (Å²) in [6.45, 7) is 0.554. The monoisotopic (exact) mass is 194 g/mol. The minimum atomic E-state index is 0.554. The van der Waals surface area contributed by atoms with Gasteiger partial charge in [-0.3, -0.25) is 4.68 Å². The number of aryl methyl sites for hydroxylation is 1. The first kappa shape index (κ1) is 8.40. The van der Waals surface area contributed by atoms with Crippen LogP contribution in [-0.2, 0) is 13.6 Å². The lowest BCUT2D eigenvalue weighted by Gasteiger charge is -1.86. The Kier molecular flexibility index (Phi) is 2.12. The van der Waals surface area contributed by atoms with Gasteiger partial charge in [0.2, 0.25) is 0 Å². The van der Waals surface area contributed by atoms with Crippen LogP contribution in [0.2, 0.25) is 0 Å². The molecule has 4 nitrogen and oxygen atoms in total. The van der Waals surface area contributed by atoms with E-state index < -0.39 is 0 Å². The summed E-state index contributed by atoms with van der Waals surface area (Å²) in [5.74, 6) is 0. The first-order chi connectivity index (χ1) is 6.29. The van der Waals surface area contributed by atoms with Crippen molar-refractivity contribution in [3.8, 4) is 10.6 Å². The molecular weight excluding hydrogens is 184 g/mol. The molecule has 68 valence electrons. The summed E-state index contributed by atoms with van der Waals surface area (Å²) in [5, 5.41) is 5.06. The van der Waals surface area contributed by atoms with Gasteiger partial charge in [-0.15, -0.1) is 11.3 Å². The van der Waals surface area contributed by atoms with E-state index in [-0.39, 0.29) is 0 Å². The molecular formula is C8H10N4S. The van der Waals surface area contributed by atoms with E-state index in [1.807, 2.05) is 19.4 Å². The maximum atomic E-state index is 5.50. The number of nitrogens with zero attached hydrogens (tertiary/aromatic N) is 3. The van der Waals surface area contributed by atoms with Crippen LogP contribution in [0.1, 0.15) is 4.88 Å². The molecule has 0 unspecified atom stereocenters. The largest absolute Gasteiger partial charge is 0.326 e. The van der Waals surface area contributed by atoms with E-state index >= 15 is 0 Å². The molecule has 0 aromatic carbocycles. The van der Waals surface area contributed by atoms with Crippen LogP contribution < -0.4 is 5.73 Å². The molecule has 0 atom stereocenters. The molecule has 13 heavy (non-hydrogen) atoms. The van der Waals surface area contributed by atoms with Crippen molar-refractivity contribution in [3.63, 3.8) is 0 Å². The lowest BCUT2D eigenvalue weighted by atomic mass is 10.4. The molecule has 0 saturated carbocycles. The van der Waals surface area contributed by atoms with Gasteiger partial charge in [0.15, 0.2) is 0 Å². The van der Waals surface area contributed by atoms with Crippen LogP contribution in [0, 0.1) is 0 Å². The molecule has 0 radical (unpaired) electrons. The Morgan fingerprint density at radius 3 is 2.92 bits per heavy atom. The maximum Gasteiger partial charge on any atom is 0.126 e. The van der Waals surface area contributed by atoms with Crippen LogP contribution in [0.25, 0.3) is 10.6 Å². The molecule has 0 aliphatic heterocycles. The topological polar surface area (TPSA) is 56.7 Å². The number of nitrogens with two attached hydrogens (primary N) is 1. The quantitative estimate of drug-likeness (QED) is 0.776. The zero-order chi connectivity index (χ0) is 9.26. The summed E-state index contributed by atoms with van der Waals surface area (Å²) < 4.78 is 1.76. The second kappa shape index (κ2) is 3.27. The van der Waals surface area contributed by atoms with Crippen LogP contribution in [0.4, 0.5) is 0 Å². The number of rotatable bonds is 2. The molecule has 0 saturated heterocycles. The summed E-state index contributed by atoms with van der Waals surface area (Å²) in [7, 11) is 1.89. The number of aromatic nitrogens is 3. The average molecular weight is 194 g/mol.